The molecule has 2 saturated heterocycles. The summed E-state index contributed by atoms with van der Waals surface area (Å²) in [4.78, 5) is 32.2. The summed E-state index contributed by atoms with van der Waals surface area (Å²) in [5, 5.41) is 4.12. The van der Waals surface area contributed by atoms with Crippen molar-refractivity contribution < 1.29 is 9.59 Å². The Morgan fingerprint density at radius 1 is 1.22 bits per heavy atom. The minimum Gasteiger partial charge on any atom is -0.312 e. The number of aromatic nitrogens is 3. The third-order valence-electron chi connectivity index (χ3n) is 4.42. The standard InChI is InChI=1S/C16H17N5O2/c22-15-13-4-1-2-8-19(13)16(23)20(15)11-12-5-6-14(17-10-12)21-9-3-7-18-21/h3,5-7,9-10,13H,1-2,4,8,11H2/t13-/m0/s1. The van der Waals surface area contributed by atoms with E-state index in [2.05, 4.69) is 10.1 Å². The third-order valence-corrected chi connectivity index (χ3v) is 4.42. The number of amides is 3. The van der Waals surface area contributed by atoms with Crippen LogP contribution in [0, 0.1) is 0 Å². The smallest absolute Gasteiger partial charge is 0.312 e. The molecule has 2 aromatic heterocycles. The van der Waals surface area contributed by atoms with Crippen LogP contribution in [-0.4, -0.2) is 49.1 Å². The highest BCUT2D eigenvalue weighted by atomic mass is 16.2. The quantitative estimate of drug-likeness (QED) is 0.807. The van der Waals surface area contributed by atoms with Gasteiger partial charge in [0.15, 0.2) is 5.82 Å². The molecule has 0 aliphatic carbocycles. The van der Waals surface area contributed by atoms with E-state index >= 15 is 0 Å². The maximum Gasteiger partial charge on any atom is 0.327 e. The lowest BCUT2D eigenvalue weighted by Crippen LogP contribution is -2.38. The number of piperidine rings is 1. The Balaban J connectivity index is 1.51. The lowest BCUT2D eigenvalue weighted by Gasteiger charge is -2.26. The maximum absolute atomic E-state index is 12.4. The molecule has 3 amide bonds. The molecule has 0 unspecified atom stereocenters. The molecule has 7 nitrogen and oxygen atoms in total. The minimum absolute atomic E-state index is 0.0779. The number of imide groups is 1. The number of hydrogen-bond acceptors (Lipinski definition) is 4. The number of hydrogen-bond donors (Lipinski definition) is 0. The van der Waals surface area contributed by atoms with Crippen LogP contribution < -0.4 is 0 Å². The molecule has 7 heteroatoms. The molecule has 0 radical (unpaired) electrons. The molecule has 2 aliphatic rings. The van der Waals surface area contributed by atoms with Crippen LogP contribution in [0.4, 0.5) is 4.79 Å². The van der Waals surface area contributed by atoms with Crippen LogP contribution in [0.25, 0.3) is 5.82 Å². The van der Waals surface area contributed by atoms with Gasteiger partial charge in [0.05, 0.1) is 6.54 Å². The first-order valence-electron chi connectivity index (χ1n) is 7.81. The summed E-state index contributed by atoms with van der Waals surface area (Å²) in [7, 11) is 0. The second-order valence-corrected chi connectivity index (χ2v) is 5.89. The van der Waals surface area contributed by atoms with E-state index in [9.17, 15) is 9.59 Å². The van der Waals surface area contributed by atoms with Crippen molar-refractivity contribution in [1.29, 1.82) is 0 Å². The first-order chi connectivity index (χ1) is 11.2. The van der Waals surface area contributed by atoms with Gasteiger partial charge in [0, 0.05) is 25.1 Å². The highest BCUT2D eigenvalue weighted by Gasteiger charge is 2.45. The fourth-order valence-corrected chi connectivity index (χ4v) is 3.22. The molecule has 0 bridgehead atoms. The van der Waals surface area contributed by atoms with E-state index in [0.29, 0.717) is 12.4 Å². The highest BCUT2D eigenvalue weighted by Crippen LogP contribution is 2.27. The normalized spacial score (nSPS) is 21.0. The monoisotopic (exact) mass is 311 g/mol. The fraction of sp³-hybridized carbons (Fsp3) is 0.375. The van der Waals surface area contributed by atoms with Crippen molar-refractivity contribution in [3.63, 3.8) is 0 Å². The second kappa shape index (κ2) is 5.49. The number of pyridine rings is 1. The fourth-order valence-electron chi connectivity index (χ4n) is 3.22. The molecule has 0 spiro atoms. The van der Waals surface area contributed by atoms with E-state index in [4.69, 9.17) is 0 Å². The van der Waals surface area contributed by atoms with Gasteiger partial charge in [-0.2, -0.15) is 5.10 Å². The molecule has 0 N–H and O–H groups in total. The topological polar surface area (TPSA) is 71.3 Å². The van der Waals surface area contributed by atoms with Crippen LogP contribution in [0.1, 0.15) is 24.8 Å². The predicted octanol–water partition coefficient (Wildman–Crippen LogP) is 1.58. The summed E-state index contributed by atoms with van der Waals surface area (Å²) in [6.45, 7) is 0.958. The van der Waals surface area contributed by atoms with E-state index in [1.165, 1.54) is 4.90 Å². The minimum atomic E-state index is -0.257. The molecule has 0 saturated carbocycles. The summed E-state index contributed by atoms with van der Waals surface area (Å²) in [5.74, 6) is 0.626. The van der Waals surface area contributed by atoms with Gasteiger partial charge < -0.3 is 4.90 Å². The molecule has 1 atom stereocenters. The zero-order chi connectivity index (χ0) is 15.8. The maximum atomic E-state index is 12.4. The number of carbonyl (C=O) groups is 2. The Bertz CT molecular complexity index is 701. The van der Waals surface area contributed by atoms with Crippen molar-refractivity contribution in [2.45, 2.75) is 31.8 Å². The summed E-state index contributed by atoms with van der Waals surface area (Å²) in [6, 6.07) is 5.11. The summed E-state index contributed by atoms with van der Waals surface area (Å²) < 4.78 is 1.66. The highest BCUT2D eigenvalue weighted by molar-refractivity contribution is 6.04. The van der Waals surface area contributed by atoms with Crippen molar-refractivity contribution in [3.05, 3.63) is 42.4 Å². The predicted molar refractivity (Wildman–Crippen MR) is 81.7 cm³/mol. The Kier molecular flexibility index (Phi) is 3.33. The first kappa shape index (κ1) is 13.9. The molecule has 118 valence electrons. The summed E-state index contributed by atoms with van der Waals surface area (Å²) in [5.41, 5.74) is 0.836. The zero-order valence-electron chi connectivity index (χ0n) is 12.6. The van der Waals surface area contributed by atoms with Crippen LogP contribution in [0.5, 0.6) is 0 Å². The number of urea groups is 1. The molecule has 2 aliphatic heterocycles. The van der Waals surface area contributed by atoms with E-state index in [1.807, 2.05) is 24.4 Å². The third kappa shape index (κ3) is 2.38. The second-order valence-electron chi connectivity index (χ2n) is 5.89. The molecule has 2 aromatic rings. The van der Waals surface area contributed by atoms with Gasteiger partial charge in [-0.15, -0.1) is 0 Å². The Hall–Kier alpha value is -2.70. The van der Waals surface area contributed by atoms with Crippen LogP contribution in [0.3, 0.4) is 0 Å². The first-order valence-corrected chi connectivity index (χ1v) is 7.81. The van der Waals surface area contributed by atoms with Crippen molar-refractivity contribution >= 4 is 11.9 Å². The summed E-state index contributed by atoms with van der Waals surface area (Å²) >= 11 is 0. The van der Waals surface area contributed by atoms with Gasteiger partial charge in [-0.3, -0.25) is 9.69 Å². The van der Waals surface area contributed by atoms with Crippen LogP contribution >= 0.6 is 0 Å². The number of fused-ring (bicyclic) bond motifs is 1. The Labute approximate surface area is 133 Å². The van der Waals surface area contributed by atoms with Crippen LogP contribution in [-0.2, 0) is 11.3 Å². The van der Waals surface area contributed by atoms with Gasteiger partial charge in [0.1, 0.15) is 6.04 Å². The van der Waals surface area contributed by atoms with Crippen molar-refractivity contribution in [3.8, 4) is 5.82 Å². The van der Waals surface area contributed by atoms with Crippen molar-refractivity contribution in [1.82, 2.24) is 24.6 Å². The lowest BCUT2D eigenvalue weighted by atomic mass is 10.0. The van der Waals surface area contributed by atoms with Gasteiger partial charge in [-0.25, -0.2) is 14.5 Å². The van der Waals surface area contributed by atoms with Crippen LogP contribution in [0.15, 0.2) is 36.8 Å². The molecule has 2 fully saturated rings. The van der Waals surface area contributed by atoms with E-state index in [-0.39, 0.29) is 24.5 Å². The number of rotatable bonds is 3. The molecule has 4 rings (SSSR count). The van der Waals surface area contributed by atoms with Crippen LogP contribution in [0.2, 0.25) is 0 Å². The van der Waals surface area contributed by atoms with E-state index in [1.54, 1.807) is 22.0 Å². The van der Waals surface area contributed by atoms with Gasteiger partial charge in [-0.1, -0.05) is 6.07 Å². The van der Waals surface area contributed by atoms with Gasteiger partial charge >= 0.3 is 6.03 Å². The largest absolute Gasteiger partial charge is 0.327 e. The SMILES string of the molecule is O=C1[C@@H]2CCCCN2C(=O)N1Cc1ccc(-n2cccn2)nc1. The molecular weight excluding hydrogens is 294 g/mol. The number of carbonyl (C=O) groups excluding carboxylic acids is 2. The molecule has 23 heavy (non-hydrogen) atoms. The van der Waals surface area contributed by atoms with Crippen molar-refractivity contribution in [2.75, 3.05) is 6.54 Å². The Morgan fingerprint density at radius 2 is 2.13 bits per heavy atom. The average Bonchev–Trinajstić information content (AvgIpc) is 3.20. The van der Waals surface area contributed by atoms with Crippen molar-refractivity contribution in [2.24, 2.45) is 0 Å². The van der Waals surface area contributed by atoms with E-state index < -0.39 is 0 Å². The van der Waals surface area contributed by atoms with E-state index in [0.717, 1.165) is 24.8 Å². The van der Waals surface area contributed by atoms with Gasteiger partial charge in [0.25, 0.3) is 5.91 Å². The summed E-state index contributed by atoms with van der Waals surface area (Å²) in [6.07, 6.45) is 7.95. The van der Waals surface area contributed by atoms with Gasteiger partial charge in [-0.05, 0) is 37.0 Å². The van der Waals surface area contributed by atoms with Gasteiger partial charge in [0.2, 0.25) is 0 Å². The Morgan fingerprint density at radius 3 is 2.83 bits per heavy atom. The molecule has 4 heterocycles. The average molecular weight is 311 g/mol. The molecule has 0 aromatic carbocycles. The number of nitrogens with zero attached hydrogens (tertiary/aromatic N) is 5. The lowest BCUT2D eigenvalue weighted by molar-refractivity contribution is -0.129. The zero-order valence-corrected chi connectivity index (χ0v) is 12.6. The molecular formula is C16H17N5O2.